The molecule has 1 aliphatic heterocycles. The highest BCUT2D eigenvalue weighted by molar-refractivity contribution is 7.92. The number of halogens is 1. The van der Waals surface area contributed by atoms with E-state index in [1.165, 1.54) is 24.0 Å². The van der Waals surface area contributed by atoms with E-state index >= 15 is 0 Å². The summed E-state index contributed by atoms with van der Waals surface area (Å²) in [6, 6.07) is 11.0. The van der Waals surface area contributed by atoms with E-state index in [1.54, 1.807) is 30.3 Å². The van der Waals surface area contributed by atoms with Gasteiger partial charge in [-0.2, -0.15) is 0 Å². The third kappa shape index (κ3) is 3.18. The first kappa shape index (κ1) is 16.6. The first-order valence-electron chi connectivity index (χ1n) is 7.21. The van der Waals surface area contributed by atoms with Gasteiger partial charge in [-0.3, -0.25) is 9.52 Å². The summed E-state index contributed by atoms with van der Waals surface area (Å²) in [6.07, 6.45) is 0. The molecule has 126 valence electrons. The van der Waals surface area contributed by atoms with Gasteiger partial charge in [-0.1, -0.05) is 23.7 Å². The maximum atomic E-state index is 12.6. The summed E-state index contributed by atoms with van der Waals surface area (Å²) in [5.74, 6) is 0.307. The Morgan fingerprint density at radius 3 is 2.71 bits per heavy atom. The summed E-state index contributed by atoms with van der Waals surface area (Å²) in [6.45, 7) is 2.18. The number of amides is 1. The number of benzene rings is 2. The molecule has 8 heteroatoms. The molecule has 3 rings (SSSR count). The lowest BCUT2D eigenvalue weighted by atomic mass is 10.2. The first-order valence-corrected chi connectivity index (χ1v) is 9.07. The number of nitrogens with zero attached hydrogens (tertiary/aromatic N) is 1. The highest BCUT2D eigenvalue weighted by Gasteiger charge is 2.24. The molecule has 1 amide bonds. The summed E-state index contributed by atoms with van der Waals surface area (Å²) in [7, 11) is -3.85. The Balaban J connectivity index is 1.99. The molecular formula is C16H15ClN2O4S. The van der Waals surface area contributed by atoms with Crippen LogP contribution in [0.15, 0.2) is 47.4 Å². The fraction of sp³-hybridized carbons (Fsp3) is 0.188. The minimum Gasteiger partial charge on any atom is -0.490 e. The summed E-state index contributed by atoms with van der Waals surface area (Å²) < 4.78 is 33.1. The summed E-state index contributed by atoms with van der Waals surface area (Å²) >= 11 is 6.00. The number of rotatable bonds is 3. The molecule has 1 N–H and O–H groups in total. The number of para-hydroxylation sites is 1. The monoisotopic (exact) mass is 366 g/mol. The fourth-order valence-corrected chi connectivity index (χ4v) is 3.78. The maximum Gasteiger partial charge on any atom is 0.262 e. The molecule has 0 spiro atoms. The minimum atomic E-state index is -3.85. The number of nitrogens with one attached hydrogen (secondary N) is 1. The topological polar surface area (TPSA) is 75.7 Å². The number of anilines is 2. The number of hydrogen-bond donors (Lipinski definition) is 1. The molecule has 2 aromatic carbocycles. The average molecular weight is 367 g/mol. The van der Waals surface area contributed by atoms with Gasteiger partial charge in [0.15, 0.2) is 0 Å². The van der Waals surface area contributed by atoms with Crippen LogP contribution >= 0.6 is 11.6 Å². The van der Waals surface area contributed by atoms with Crippen LogP contribution in [0.1, 0.15) is 6.92 Å². The van der Waals surface area contributed by atoms with Gasteiger partial charge in [0.1, 0.15) is 12.4 Å². The van der Waals surface area contributed by atoms with Crippen LogP contribution in [0.3, 0.4) is 0 Å². The van der Waals surface area contributed by atoms with Gasteiger partial charge in [0.25, 0.3) is 10.0 Å². The fourth-order valence-electron chi connectivity index (χ4n) is 2.44. The third-order valence-electron chi connectivity index (χ3n) is 3.60. The standard InChI is InChI=1S/C16H15ClN2O4S/c1-11(20)19-8-9-23-16-7-6-12(10-15(16)19)24(21,22)18-14-5-3-2-4-13(14)17/h2-7,10,18H,8-9H2,1H3. The van der Waals surface area contributed by atoms with Crippen LogP contribution in [-0.4, -0.2) is 27.5 Å². The molecule has 1 aliphatic rings. The van der Waals surface area contributed by atoms with Crippen molar-refractivity contribution in [3.8, 4) is 5.75 Å². The van der Waals surface area contributed by atoms with Gasteiger partial charge < -0.3 is 9.64 Å². The second-order valence-electron chi connectivity index (χ2n) is 5.23. The molecule has 2 aromatic rings. The summed E-state index contributed by atoms with van der Waals surface area (Å²) in [4.78, 5) is 13.3. The largest absolute Gasteiger partial charge is 0.490 e. The second kappa shape index (κ2) is 6.33. The Morgan fingerprint density at radius 2 is 2.00 bits per heavy atom. The van der Waals surface area contributed by atoms with Crippen LogP contribution in [-0.2, 0) is 14.8 Å². The Kier molecular flexibility index (Phi) is 4.38. The third-order valence-corrected chi connectivity index (χ3v) is 5.30. The highest BCUT2D eigenvalue weighted by Crippen LogP contribution is 2.34. The zero-order chi connectivity index (χ0) is 17.3. The van der Waals surface area contributed by atoms with E-state index in [1.807, 2.05) is 0 Å². The molecule has 0 aliphatic carbocycles. The van der Waals surface area contributed by atoms with Crippen molar-refractivity contribution in [3.63, 3.8) is 0 Å². The first-order chi connectivity index (χ1) is 11.4. The molecule has 0 fully saturated rings. The number of sulfonamides is 1. The van der Waals surface area contributed by atoms with Crippen LogP contribution in [0.2, 0.25) is 5.02 Å². The van der Waals surface area contributed by atoms with Crippen LogP contribution in [0, 0.1) is 0 Å². The predicted octanol–water partition coefficient (Wildman–Crippen LogP) is 2.89. The molecule has 24 heavy (non-hydrogen) atoms. The minimum absolute atomic E-state index is 0.0259. The van der Waals surface area contributed by atoms with Gasteiger partial charge in [0.2, 0.25) is 5.91 Å². The van der Waals surface area contributed by atoms with Gasteiger partial charge in [-0.25, -0.2) is 8.42 Å². The van der Waals surface area contributed by atoms with Crippen molar-refractivity contribution in [2.24, 2.45) is 0 Å². The summed E-state index contributed by atoms with van der Waals surface area (Å²) in [5.41, 5.74) is 0.729. The van der Waals surface area contributed by atoms with E-state index in [4.69, 9.17) is 16.3 Å². The number of ether oxygens (including phenoxy) is 1. The lowest BCUT2D eigenvalue weighted by molar-refractivity contribution is -0.116. The summed E-state index contributed by atoms with van der Waals surface area (Å²) in [5, 5.41) is 0.299. The molecule has 0 saturated carbocycles. The Morgan fingerprint density at radius 1 is 1.25 bits per heavy atom. The van der Waals surface area contributed by atoms with E-state index in [2.05, 4.69) is 4.72 Å². The number of hydrogen-bond acceptors (Lipinski definition) is 4. The lowest BCUT2D eigenvalue weighted by Crippen LogP contribution is -2.36. The Labute approximate surface area is 145 Å². The van der Waals surface area contributed by atoms with E-state index in [9.17, 15) is 13.2 Å². The van der Waals surface area contributed by atoms with E-state index in [-0.39, 0.29) is 16.5 Å². The van der Waals surface area contributed by atoms with Crippen molar-refractivity contribution < 1.29 is 17.9 Å². The van der Waals surface area contributed by atoms with Gasteiger partial charge >= 0.3 is 0 Å². The molecular weight excluding hydrogens is 352 g/mol. The number of carbonyl (C=O) groups excluding carboxylic acids is 1. The normalized spacial score (nSPS) is 13.8. The van der Waals surface area contributed by atoms with Gasteiger partial charge in [0, 0.05) is 6.92 Å². The maximum absolute atomic E-state index is 12.6. The lowest BCUT2D eigenvalue weighted by Gasteiger charge is -2.29. The van der Waals surface area contributed by atoms with Crippen molar-refractivity contribution in [3.05, 3.63) is 47.5 Å². The quantitative estimate of drug-likeness (QED) is 0.906. The average Bonchev–Trinajstić information content (AvgIpc) is 2.55. The highest BCUT2D eigenvalue weighted by atomic mass is 35.5. The Hall–Kier alpha value is -2.25. The second-order valence-corrected chi connectivity index (χ2v) is 7.32. The van der Waals surface area contributed by atoms with E-state index in [0.29, 0.717) is 29.6 Å². The van der Waals surface area contributed by atoms with Crippen LogP contribution in [0.5, 0.6) is 5.75 Å². The Bertz CT molecular complexity index is 899. The van der Waals surface area contributed by atoms with Crippen LogP contribution in [0.25, 0.3) is 0 Å². The van der Waals surface area contributed by atoms with Crippen molar-refractivity contribution >= 4 is 38.9 Å². The number of fused-ring (bicyclic) bond motifs is 1. The molecule has 0 atom stereocenters. The molecule has 1 heterocycles. The zero-order valence-electron chi connectivity index (χ0n) is 12.8. The molecule has 0 aromatic heterocycles. The zero-order valence-corrected chi connectivity index (χ0v) is 14.4. The molecule has 0 unspecified atom stereocenters. The van der Waals surface area contributed by atoms with Crippen LogP contribution < -0.4 is 14.4 Å². The SMILES string of the molecule is CC(=O)N1CCOc2ccc(S(=O)(=O)Nc3ccccc3Cl)cc21. The van der Waals surface area contributed by atoms with Crippen molar-refractivity contribution in [2.45, 2.75) is 11.8 Å². The molecule has 0 saturated heterocycles. The van der Waals surface area contributed by atoms with Crippen molar-refractivity contribution in [2.75, 3.05) is 22.8 Å². The predicted molar refractivity (Wildman–Crippen MR) is 92.2 cm³/mol. The van der Waals surface area contributed by atoms with Gasteiger partial charge in [0.05, 0.1) is 27.8 Å². The van der Waals surface area contributed by atoms with Crippen molar-refractivity contribution in [1.82, 2.24) is 0 Å². The van der Waals surface area contributed by atoms with Gasteiger partial charge in [-0.15, -0.1) is 0 Å². The van der Waals surface area contributed by atoms with Crippen molar-refractivity contribution in [1.29, 1.82) is 0 Å². The smallest absolute Gasteiger partial charge is 0.262 e. The number of carbonyl (C=O) groups is 1. The van der Waals surface area contributed by atoms with Gasteiger partial charge in [-0.05, 0) is 30.3 Å². The van der Waals surface area contributed by atoms with E-state index < -0.39 is 10.0 Å². The van der Waals surface area contributed by atoms with Crippen LogP contribution in [0.4, 0.5) is 11.4 Å². The van der Waals surface area contributed by atoms with E-state index in [0.717, 1.165) is 0 Å². The molecule has 6 nitrogen and oxygen atoms in total. The molecule has 0 bridgehead atoms. The molecule has 0 radical (unpaired) electrons.